The van der Waals surface area contributed by atoms with Crippen LogP contribution in [-0.2, 0) is 132 Å². The Morgan fingerprint density at radius 3 is 0.822 bits per heavy atom. The van der Waals surface area contributed by atoms with Crippen LogP contribution < -0.4 is 0 Å². The smallest absolute Gasteiger partial charge is 0.346 e. The first-order chi connectivity index (χ1) is 46.1. The Balaban J connectivity index is 1.75. The van der Waals surface area contributed by atoms with Crippen molar-refractivity contribution < 1.29 is 56.3 Å². The summed E-state index contributed by atoms with van der Waals surface area (Å²) in [4.78, 5) is 0. The molecule has 0 amide bonds. The molecule has 8 aliphatic heterocycles. The Labute approximate surface area is 614 Å². The van der Waals surface area contributed by atoms with Crippen molar-refractivity contribution in [3.05, 3.63) is 138 Å². The number of hydrogen-bond acceptors (Lipinski definition) is 12. The van der Waals surface area contributed by atoms with Gasteiger partial charge in [-0.1, -0.05) is 282 Å². The lowest BCUT2D eigenvalue weighted by Crippen LogP contribution is -2.96. The summed E-state index contributed by atoms with van der Waals surface area (Å²) in [5.41, 5.74) is 2.90. The molecule has 8 fully saturated rings. The maximum Gasteiger partial charge on any atom is 0.346 e. The van der Waals surface area contributed by atoms with Crippen LogP contribution in [0.15, 0.2) is 48.5 Å². The average Bonchev–Trinajstić information content (AvgIpc) is 0.597. The summed E-state index contributed by atoms with van der Waals surface area (Å²) < 4.78 is 83.6. The van der Waals surface area contributed by atoms with Gasteiger partial charge in [0.15, 0.2) is 5.60 Å². The monoisotopic (exact) mass is 1430 g/mol. The van der Waals surface area contributed by atoms with Crippen LogP contribution in [0.25, 0.3) is 0 Å². The highest BCUT2D eigenvalue weighted by atomic mass is 31.2. The molecule has 14 heteroatoms. The van der Waals surface area contributed by atoms with Gasteiger partial charge >= 0.3 is 35.1 Å². The molecular formula is C87H134O12P2. The van der Waals surface area contributed by atoms with Crippen molar-refractivity contribution in [3.63, 3.8) is 0 Å². The van der Waals surface area contributed by atoms with Crippen LogP contribution in [0.4, 0.5) is 0 Å². The van der Waals surface area contributed by atoms with Crippen molar-refractivity contribution in [2.75, 3.05) is 13.2 Å². The van der Waals surface area contributed by atoms with Crippen LogP contribution in [0, 0.1) is 16.2 Å². The van der Waals surface area contributed by atoms with Gasteiger partial charge in [-0.3, -0.25) is 36.6 Å². The van der Waals surface area contributed by atoms with Gasteiger partial charge < -0.3 is 19.7 Å². The summed E-state index contributed by atoms with van der Waals surface area (Å²) in [6.45, 7) is 71.8. The SMILES string of the molecule is CCCCc1cc(C(C)(C)C)c(C2(C(C)(C)CO)OC3(c4c(C(C)(C)C)cc(CCCC)cc4C(C)(C)C)OP4OC5(O4)OC4(C(C)(C)CO)OP6OC(O6)(O4)C53C(c3c(C(C)(C)C)cc(CCCC)cc3C(C)(C)C)(c3c(C(C)(C)C)cc(CCCC)cc3C(C)(C)C)O2)c(C(C)(C)C)c1. The second-order valence-electron chi connectivity index (χ2n) is 40.5. The Kier molecular flexibility index (Phi) is 21.0. The highest BCUT2D eigenvalue weighted by Crippen LogP contribution is 2.94. The summed E-state index contributed by atoms with van der Waals surface area (Å²) in [5, 5.41) is 25.7. The molecule has 0 aliphatic carbocycles. The van der Waals surface area contributed by atoms with E-state index in [1.54, 1.807) is 0 Å². The third kappa shape index (κ3) is 12.7. The molecule has 0 saturated carbocycles. The fourth-order valence-electron chi connectivity index (χ4n) is 16.8. The van der Waals surface area contributed by atoms with E-state index in [-0.39, 0.29) is 0 Å². The van der Waals surface area contributed by atoms with Crippen molar-refractivity contribution in [2.45, 2.75) is 377 Å². The van der Waals surface area contributed by atoms with Crippen LogP contribution in [-0.4, -0.2) is 41.3 Å². The number of aliphatic hydroxyl groups is 2. The van der Waals surface area contributed by atoms with Crippen molar-refractivity contribution in [1.82, 2.24) is 0 Å². The maximum absolute atomic E-state index is 13.6. The minimum absolute atomic E-state index is 0.432. The molecular weight excluding hydrogens is 1300 g/mol. The molecule has 8 heterocycles. The molecule has 8 aliphatic rings. The minimum Gasteiger partial charge on any atom is -0.396 e. The van der Waals surface area contributed by atoms with E-state index in [4.69, 9.17) is 36.6 Å². The molecule has 5 bridgehead atoms. The van der Waals surface area contributed by atoms with E-state index in [1.807, 2.05) is 13.8 Å². The number of benzene rings is 4. The normalized spacial score (nSPS) is 27.8. The molecule has 4 unspecified atom stereocenters. The number of rotatable bonds is 20. The van der Waals surface area contributed by atoms with E-state index < -0.39 is 125 Å². The molecule has 8 saturated heterocycles. The lowest BCUT2D eigenvalue weighted by Gasteiger charge is -2.82. The molecule has 0 aromatic heterocycles. The molecule has 0 radical (unpaired) electrons. The van der Waals surface area contributed by atoms with Crippen molar-refractivity contribution in [3.8, 4) is 0 Å². The molecule has 4 aromatic rings. The fraction of sp³-hybridized carbons (Fsp3) is 0.724. The molecule has 2 N–H and O–H groups in total. The molecule has 101 heavy (non-hydrogen) atoms. The summed E-state index contributed by atoms with van der Waals surface area (Å²) in [6, 6.07) is 19.5. The molecule has 564 valence electrons. The van der Waals surface area contributed by atoms with Crippen LogP contribution in [0.3, 0.4) is 0 Å². The zero-order valence-electron chi connectivity index (χ0n) is 68.9. The Morgan fingerprint density at radius 1 is 0.307 bits per heavy atom. The van der Waals surface area contributed by atoms with Gasteiger partial charge in [-0.15, -0.1) is 0 Å². The van der Waals surface area contributed by atoms with Crippen molar-refractivity contribution in [2.24, 2.45) is 16.2 Å². The molecule has 4 atom stereocenters. The summed E-state index contributed by atoms with van der Waals surface area (Å²) in [7, 11) is -4.91. The average molecular weight is 1430 g/mol. The van der Waals surface area contributed by atoms with Crippen LogP contribution in [0.1, 0.15) is 362 Å². The fourth-order valence-corrected chi connectivity index (χ4v) is 19.5. The van der Waals surface area contributed by atoms with Gasteiger partial charge in [0.05, 0.1) is 18.6 Å². The number of aliphatic hydroxyl groups excluding tert-OH is 2. The van der Waals surface area contributed by atoms with Crippen molar-refractivity contribution in [1.29, 1.82) is 0 Å². The van der Waals surface area contributed by atoms with E-state index in [2.05, 4.69) is 256 Å². The van der Waals surface area contributed by atoms with Crippen molar-refractivity contribution >= 4 is 17.2 Å². The third-order valence-electron chi connectivity index (χ3n) is 22.6. The molecule has 4 aromatic carbocycles. The molecule has 3 spiro atoms. The zero-order chi connectivity index (χ0) is 75.5. The molecule has 12 nitrogen and oxygen atoms in total. The number of ether oxygens (including phenoxy) is 4. The van der Waals surface area contributed by atoms with E-state index in [0.29, 0.717) is 0 Å². The van der Waals surface area contributed by atoms with E-state index >= 15 is 0 Å². The van der Waals surface area contributed by atoms with Gasteiger partial charge in [-0.2, -0.15) is 0 Å². The van der Waals surface area contributed by atoms with Crippen LogP contribution >= 0.6 is 17.2 Å². The predicted octanol–water partition coefficient (Wildman–Crippen LogP) is 23.1. The maximum atomic E-state index is 13.6. The Morgan fingerprint density at radius 2 is 0.564 bits per heavy atom. The third-order valence-corrected chi connectivity index (χ3v) is 25.0. The second kappa shape index (κ2) is 26.3. The topological polar surface area (TPSA) is 133 Å². The summed E-state index contributed by atoms with van der Waals surface area (Å²) in [6.07, 6.45) is 11.2. The summed E-state index contributed by atoms with van der Waals surface area (Å²) >= 11 is 0. The van der Waals surface area contributed by atoms with Gasteiger partial charge in [-0.25, -0.2) is 0 Å². The van der Waals surface area contributed by atoms with Gasteiger partial charge in [0.2, 0.25) is 17.0 Å². The largest absolute Gasteiger partial charge is 0.396 e. The zero-order valence-corrected chi connectivity index (χ0v) is 70.7. The van der Waals surface area contributed by atoms with Gasteiger partial charge in [0.1, 0.15) is 0 Å². The summed E-state index contributed by atoms with van der Waals surface area (Å²) in [5.74, 6) is -11.6. The standard InChI is InChI=1S/C87H134O12P2/c1-33-37-41-55-45-59(71(5,6)7)67(60(46-55)72(8,9)10)81(68-61(73(11,12)13)47-56(42-38-34-2)48-62(68)74(14,15)16)84-83(70-65(77(23,24)25)51-58(44-40-36-4)52-66(70)78(26,27)28,94-100-96-86(84,97-100)92-85(80(31,32)54-89)93-87(84)98-101(95-85)99-87)91-82(90-81,79(29,30)53-88)69-63(75(17,18)19)49-57(43-39-35-3)50-64(69)76(20,21)22/h45-52,88-89H,33-44,53-54H2,1-32H3. The first-order valence-corrected chi connectivity index (χ1v) is 40.8. The highest BCUT2D eigenvalue weighted by Gasteiger charge is 3.05. The van der Waals surface area contributed by atoms with Gasteiger partial charge in [0, 0.05) is 16.5 Å². The minimum atomic E-state index is -2.52. The Bertz CT molecular complexity index is 3500. The van der Waals surface area contributed by atoms with E-state index in [9.17, 15) is 19.7 Å². The Hall–Kier alpha value is -2.74. The van der Waals surface area contributed by atoms with Gasteiger partial charge in [-0.05, 0) is 186 Å². The first kappa shape index (κ1) is 80.8. The van der Waals surface area contributed by atoms with E-state index in [0.717, 1.165) is 144 Å². The van der Waals surface area contributed by atoms with Gasteiger partial charge in [0.25, 0.3) is 0 Å². The quantitative estimate of drug-likeness (QED) is 0.0816. The second-order valence-corrected chi connectivity index (χ2v) is 42.5. The number of hydrogen-bond donors (Lipinski definition) is 2. The first-order valence-electron chi connectivity index (χ1n) is 38.7. The highest BCUT2D eigenvalue weighted by molar-refractivity contribution is 7.43. The molecule has 12 rings (SSSR count). The lowest BCUT2D eigenvalue weighted by molar-refractivity contribution is -0.736. The lowest BCUT2D eigenvalue weighted by atomic mass is 9.47. The van der Waals surface area contributed by atoms with Crippen LogP contribution in [0.2, 0.25) is 0 Å². The van der Waals surface area contributed by atoms with Crippen LogP contribution in [0.5, 0.6) is 0 Å². The number of aryl methyl sites for hydroxylation is 4. The predicted molar refractivity (Wildman–Crippen MR) is 411 cm³/mol. The number of unbranched alkanes of at least 4 members (excludes halogenated alkanes) is 4. The van der Waals surface area contributed by atoms with E-state index in [1.165, 1.54) is 22.3 Å².